The molecule has 3 atom stereocenters. The van der Waals surface area contributed by atoms with Crippen LogP contribution in [0.4, 0.5) is 4.79 Å². The first-order valence-electron chi connectivity index (χ1n) is 8.86. The minimum atomic E-state index is -0.273. The summed E-state index contributed by atoms with van der Waals surface area (Å²) < 4.78 is 1.94. The predicted molar refractivity (Wildman–Crippen MR) is 94.9 cm³/mol. The van der Waals surface area contributed by atoms with Gasteiger partial charge in [-0.3, -0.25) is 4.68 Å². The van der Waals surface area contributed by atoms with Gasteiger partial charge in [-0.05, 0) is 47.5 Å². The van der Waals surface area contributed by atoms with Crippen LogP contribution in [-0.2, 0) is 5.54 Å². The number of hydrogen-bond acceptors (Lipinski definition) is 3. The molecule has 0 bridgehead atoms. The van der Waals surface area contributed by atoms with Crippen molar-refractivity contribution < 1.29 is 9.90 Å². The van der Waals surface area contributed by atoms with Gasteiger partial charge in [0.1, 0.15) is 0 Å². The average molecular weight is 336 g/mol. The van der Waals surface area contributed by atoms with Crippen molar-refractivity contribution in [2.75, 3.05) is 13.6 Å². The van der Waals surface area contributed by atoms with Gasteiger partial charge >= 0.3 is 6.03 Å². The quantitative estimate of drug-likeness (QED) is 0.888. The van der Waals surface area contributed by atoms with Gasteiger partial charge in [-0.2, -0.15) is 5.10 Å². The van der Waals surface area contributed by atoms with E-state index in [2.05, 4.69) is 31.2 Å². The fourth-order valence-electron chi connectivity index (χ4n) is 3.28. The van der Waals surface area contributed by atoms with Crippen molar-refractivity contribution >= 4 is 6.03 Å². The van der Waals surface area contributed by atoms with E-state index in [4.69, 9.17) is 0 Å². The molecule has 1 aromatic rings. The number of nitrogens with zero attached hydrogens (tertiary/aromatic N) is 3. The van der Waals surface area contributed by atoms with Gasteiger partial charge in [0.2, 0.25) is 0 Å². The molecule has 0 aromatic carbocycles. The highest BCUT2D eigenvalue weighted by atomic mass is 16.3. The number of nitrogens with one attached hydrogen (secondary N) is 1. The van der Waals surface area contributed by atoms with E-state index in [1.165, 1.54) is 0 Å². The van der Waals surface area contributed by atoms with Gasteiger partial charge in [-0.15, -0.1) is 0 Å². The molecule has 2 rings (SSSR count). The van der Waals surface area contributed by atoms with Gasteiger partial charge in [-0.25, -0.2) is 4.79 Å². The van der Waals surface area contributed by atoms with Gasteiger partial charge in [-0.1, -0.05) is 6.42 Å². The van der Waals surface area contributed by atoms with Crippen LogP contribution in [0.15, 0.2) is 6.20 Å². The van der Waals surface area contributed by atoms with Gasteiger partial charge in [0.05, 0.1) is 23.4 Å². The third-order valence-electron chi connectivity index (χ3n) is 4.90. The van der Waals surface area contributed by atoms with Crippen LogP contribution in [0, 0.1) is 12.8 Å². The Labute approximate surface area is 145 Å². The molecule has 6 nitrogen and oxygen atoms in total. The lowest BCUT2D eigenvalue weighted by Crippen LogP contribution is -2.42. The Bertz CT molecular complexity index is 576. The Hall–Kier alpha value is -1.56. The lowest BCUT2D eigenvalue weighted by molar-refractivity contribution is 0.113. The molecule has 1 saturated carbocycles. The van der Waals surface area contributed by atoms with E-state index in [0.717, 1.165) is 30.5 Å². The topological polar surface area (TPSA) is 70.4 Å². The van der Waals surface area contributed by atoms with Crippen molar-refractivity contribution in [3.63, 3.8) is 0 Å². The summed E-state index contributed by atoms with van der Waals surface area (Å²) in [4.78, 5) is 14.1. The van der Waals surface area contributed by atoms with E-state index >= 15 is 0 Å². The second kappa shape index (κ2) is 7.13. The summed E-state index contributed by atoms with van der Waals surface area (Å²) in [6.45, 7) is 10.9. The molecule has 2 amide bonds. The molecule has 1 fully saturated rings. The number of carbonyl (C=O) groups is 1. The van der Waals surface area contributed by atoms with Crippen LogP contribution >= 0.6 is 0 Å². The summed E-state index contributed by atoms with van der Waals surface area (Å²) in [6, 6.07) is -0.214. The van der Waals surface area contributed by atoms with Crippen molar-refractivity contribution in [1.82, 2.24) is 20.0 Å². The molecule has 136 valence electrons. The summed E-state index contributed by atoms with van der Waals surface area (Å²) in [7, 11) is 1.79. The largest absolute Gasteiger partial charge is 0.393 e. The van der Waals surface area contributed by atoms with Crippen LogP contribution in [0.25, 0.3) is 0 Å². The number of hydrogen-bond donors (Lipinski definition) is 2. The molecule has 6 heteroatoms. The zero-order valence-electron chi connectivity index (χ0n) is 15.8. The lowest BCUT2D eigenvalue weighted by Gasteiger charge is -2.25. The maximum Gasteiger partial charge on any atom is 0.317 e. The zero-order valence-corrected chi connectivity index (χ0v) is 15.8. The predicted octanol–water partition coefficient (Wildman–Crippen LogP) is 2.81. The van der Waals surface area contributed by atoms with Gasteiger partial charge in [0.15, 0.2) is 0 Å². The van der Waals surface area contributed by atoms with Crippen LogP contribution in [0.2, 0.25) is 0 Å². The molecule has 1 aliphatic carbocycles. The summed E-state index contributed by atoms with van der Waals surface area (Å²) in [6.07, 6.45) is 4.63. The Morgan fingerprint density at radius 2 is 2.17 bits per heavy atom. The van der Waals surface area contributed by atoms with Crippen LogP contribution in [0.3, 0.4) is 0 Å². The smallest absolute Gasteiger partial charge is 0.317 e. The molecule has 1 heterocycles. The van der Waals surface area contributed by atoms with Crippen LogP contribution < -0.4 is 5.32 Å². The van der Waals surface area contributed by atoms with Gasteiger partial charge < -0.3 is 15.3 Å². The molecule has 24 heavy (non-hydrogen) atoms. The van der Waals surface area contributed by atoms with Crippen molar-refractivity contribution in [3.8, 4) is 0 Å². The molecule has 0 aliphatic heterocycles. The fourth-order valence-corrected chi connectivity index (χ4v) is 3.28. The lowest BCUT2D eigenvalue weighted by atomic mass is 10.1. The number of amides is 2. The molecular weight excluding hydrogens is 304 g/mol. The van der Waals surface area contributed by atoms with Gasteiger partial charge in [0.25, 0.3) is 0 Å². The fraction of sp³-hybridized carbons (Fsp3) is 0.778. The minimum Gasteiger partial charge on any atom is -0.393 e. The average Bonchev–Trinajstić information content (AvgIpc) is 3.05. The van der Waals surface area contributed by atoms with E-state index in [1.54, 1.807) is 11.9 Å². The van der Waals surface area contributed by atoms with E-state index in [9.17, 15) is 9.90 Å². The van der Waals surface area contributed by atoms with Crippen LogP contribution in [-0.4, -0.2) is 45.5 Å². The summed E-state index contributed by atoms with van der Waals surface area (Å²) in [5, 5.41) is 17.5. The van der Waals surface area contributed by atoms with Crippen LogP contribution in [0.5, 0.6) is 0 Å². The first-order chi connectivity index (χ1) is 11.1. The highest BCUT2D eigenvalue weighted by Crippen LogP contribution is 2.26. The zero-order chi connectivity index (χ0) is 18.1. The van der Waals surface area contributed by atoms with E-state index in [0.29, 0.717) is 6.54 Å². The standard InChI is InChI=1S/C18H32N4O2/c1-12(15-11-22(18(3,4)5)20-13(15)2)19-17(24)21(6)10-14-8-7-9-16(14)23/h11-12,14,16,23H,7-10H2,1-6H3,(H,19,24). The number of rotatable bonds is 4. The number of carbonyl (C=O) groups excluding carboxylic acids is 1. The first-order valence-corrected chi connectivity index (χ1v) is 8.86. The normalized spacial score (nSPS) is 22.5. The Morgan fingerprint density at radius 3 is 2.67 bits per heavy atom. The molecule has 1 aliphatic rings. The first kappa shape index (κ1) is 18.8. The third-order valence-corrected chi connectivity index (χ3v) is 4.90. The molecule has 3 unspecified atom stereocenters. The monoisotopic (exact) mass is 336 g/mol. The second-order valence-electron chi connectivity index (χ2n) is 8.10. The maximum atomic E-state index is 12.4. The molecule has 2 N–H and O–H groups in total. The van der Waals surface area contributed by atoms with Crippen molar-refractivity contribution in [2.45, 2.75) is 71.6 Å². The Balaban J connectivity index is 1.97. The third kappa shape index (κ3) is 4.29. The molecule has 1 aromatic heterocycles. The van der Waals surface area contributed by atoms with Crippen molar-refractivity contribution in [3.05, 3.63) is 17.5 Å². The molecule has 0 spiro atoms. The number of urea groups is 1. The number of aliphatic hydroxyl groups excluding tert-OH is 1. The number of aryl methyl sites for hydroxylation is 1. The van der Waals surface area contributed by atoms with Gasteiger partial charge in [0, 0.05) is 31.3 Å². The SMILES string of the molecule is Cc1nn(C(C)(C)C)cc1C(C)NC(=O)N(C)CC1CCCC1O. The number of aromatic nitrogens is 2. The summed E-state index contributed by atoms with van der Waals surface area (Å²) in [5.74, 6) is 0.196. The molecule has 0 radical (unpaired) electrons. The molecular formula is C18H32N4O2. The molecule has 0 saturated heterocycles. The minimum absolute atomic E-state index is 0.0812. The summed E-state index contributed by atoms with van der Waals surface area (Å²) >= 11 is 0. The highest BCUT2D eigenvalue weighted by molar-refractivity contribution is 5.74. The number of aliphatic hydroxyl groups is 1. The van der Waals surface area contributed by atoms with Crippen LogP contribution in [0.1, 0.15) is 64.3 Å². The van der Waals surface area contributed by atoms with E-state index in [-0.39, 0.29) is 29.6 Å². The van der Waals surface area contributed by atoms with E-state index in [1.807, 2.05) is 24.7 Å². The van der Waals surface area contributed by atoms with E-state index < -0.39 is 0 Å². The second-order valence-corrected chi connectivity index (χ2v) is 8.10. The Morgan fingerprint density at radius 1 is 1.50 bits per heavy atom. The maximum absolute atomic E-state index is 12.4. The summed E-state index contributed by atoms with van der Waals surface area (Å²) in [5.41, 5.74) is 1.89. The van der Waals surface area contributed by atoms with Crippen molar-refractivity contribution in [1.29, 1.82) is 0 Å². The highest BCUT2D eigenvalue weighted by Gasteiger charge is 2.28. The van der Waals surface area contributed by atoms with Crippen molar-refractivity contribution in [2.24, 2.45) is 5.92 Å². The Kier molecular flexibility index (Phi) is 5.58.